The lowest BCUT2D eigenvalue weighted by Gasteiger charge is -2.25. The van der Waals surface area contributed by atoms with Gasteiger partial charge in [-0.3, -0.25) is 0 Å². The van der Waals surface area contributed by atoms with E-state index < -0.39 is 0 Å². The highest BCUT2D eigenvalue weighted by Gasteiger charge is 2.47. The molecule has 2 N–H and O–H groups in total. The SMILES string of the molecule is COC(=O)NCC12CNCC1COC2. The number of carbonyl (C=O) groups excluding carboxylic acids is 1. The van der Waals surface area contributed by atoms with Crippen LogP contribution in [0, 0.1) is 11.3 Å². The Morgan fingerprint density at radius 2 is 2.64 bits per heavy atom. The van der Waals surface area contributed by atoms with Gasteiger partial charge in [0.1, 0.15) is 0 Å². The first-order chi connectivity index (χ1) is 6.77. The summed E-state index contributed by atoms with van der Waals surface area (Å²) in [5, 5.41) is 6.09. The summed E-state index contributed by atoms with van der Waals surface area (Å²) in [7, 11) is 1.38. The minimum absolute atomic E-state index is 0.0915. The zero-order valence-corrected chi connectivity index (χ0v) is 8.34. The van der Waals surface area contributed by atoms with Crippen LogP contribution in [0.25, 0.3) is 0 Å². The van der Waals surface area contributed by atoms with E-state index in [1.807, 2.05) is 0 Å². The quantitative estimate of drug-likeness (QED) is 0.635. The zero-order valence-electron chi connectivity index (χ0n) is 8.34. The van der Waals surface area contributed by atoms with Crippen LogP contribution < -0.4 is 10.6 Å². The summed E-state index contributed by atoms with van der Waals surface area (Å²) >= 11 is 0. The number of amides is 1. The third-order valence-electron chi connectivity index (χ3n) is 3.21. The first-order valence-electron chi connectivity index (χ1n) is 4.87. The van der Waals surface area contributed by atoms with Crippen LogP contribution in [0.2, 0.25) is 0 Å². The normalized spacial score (nSPS) is 35.4. The highest BCUT2D eigenvalue weighted by atomic mass is 16.5. The Kier molecular flexibility index (Phi) is 2.60. The smallest absolute Gasteiger partial charge is 0.406 e. The Morgan fingerprint density at radius 1 is 1.79 bits per heavy atom. The Hall–Kier alpha value is -0.810. The second-order valence-corrected chi connectivity index (χ2v) is 4.05. The molecule has 5 nitrogen and oxygen atoms in total. The van der Waals surface area contributed by atoms with Gasteiger partial charge < -0.3 is 20.1 Å². The van der Waals surface area contributed by atoms with E-state index in [9.17, 15) is 4.79 Å². The maximum Gasteiger partial charge on any atom is 0.406 e. The van der Waals surface area contributed by atoms with Gasteiger partial charge in [-0.15, -0.1) is 0 Å². The molecule has 2 fully saturated rings. The molecule has 0 aromatic rings. The number of ether oxygens (including phenoxy) is 2. The van der Waals surface area contributed by atoms with Crippen LogP contribution >= 0.6 is 0 Å². The molecule has 0 aromatic carbocycles. The van der Waals surface area contributed by atoms with Gasteiger partial charge in [-0.05, 0) is 0 Å². The number of hydrogen-bond acceptors (Lipinski definition) is 4. The van der Waals surface area contributed by atoms with E-state index in [-0.39, 0.29) is 11.5 Å². The first-order valence-corrected chi connectivity index (χ1v) is 4.87. The van der Waals surface area contributed by atoms with E-state index in [1.165, 1.54) is 7.11 Å². The molecule has 0 aliphatic carbocycles. The molecule has 80 valence electrons. The van der Waals surface area contributed by atoms with Crippen LogP contribution in [0.1, 0.15) is 0 Å². The summed E-state index contributed by atoms with van der Waals surface area (Å²) < 4.78 is 9.99. The van der Waals surface area contributed by atoms with Crippen molar-refractivity contribution in [2.75, 3.05) is 40.0 Å². The molecule has 2 heterocycles. The second kappa shape index (κ2) is 3.74. The van der Waals surface area contributed by atoms with E-state index in [0.29, 0.717) is 12.5 Å². The van der Waals surface area contributed by atoms with Crippen molar-refractivity contribution in [3.8, 4) is 0 Å². The van der Waals surface area contributed by atoms with E-state index in [0.717, 1.165) is 26.3 Å². The van der Waals surface area contributed by atoms with Gasteiger partial charge in [-0.1, -0.05) is 0 Å². The highest BCUT2D eigenvalue weighted by Crippen LogP contribution is 2.36. The zero-order chi connectivity index (χ0) is 10.0. The largest absolute Gasteiger partial charge is 0.453 e. The molecule has 2 aliphatic rings. The van der Waals surface area contributed by atoms with Gasteiger partial charge in [0, 0.05) is 31.0 Å². The van der Waals surface area contributed by atoms with E-state index in [4.69, 9.17) is 4.74 Å². The van der Waals surface area contributed by atoms with E-state index >= 15 is 0 Å². The summed E-state index contributed by atoms with van der Waals surface area (Å²) in [6.07, 6.45) is -0.364. The topological polar surface area (TPSA) is 59.6 Å². The van der Waals surface area contributed by atoms with Crippen LogP contribution in [0.3, 0.4) is 0 Å². The second-order valence-electron chi connectivity index (χ2n) is 4.05. The van der Waals surface area contributed by atoms with Crippen molar-refractivity contribution in [2.45, 2.75) is 0 Å². The van der Waals surface area contributed by atoms with Crippen molar-refractivity contribution in [2.24, 2.45) is 11.3 Å². The van der Waals surface area contributed by atoms with Gasteiger partial charge in [-0.25, -0.2) is 4.79 Å². The van der Waals surface area contributed by atoms with Crippen LogP contribution in [0.4, 0.5) is 4.79 Å². The van der Waals surface area contributed by atoms with Gasteiger partial charge in [0.2, 0.25) is 0 Å². The van der Waals surface area contributed by atoms with Crippen molar-refractivity contribution in [1.29, 1.82) is 0 Å². The molecule has 0 aromatic heterocycles. The number of carbonyl (C=O) groups is 1. The number of methoxy groups -OCH3 is 1. The fourth-order valence-corrected chi connectivity index (χ4v) is 2.24. The highest BCUT2D eigenvalue weighted by molar-refractivity contribution is 5.66. The van der Waals surface area contributed by atoms with Gasteiger partial charge in [-0.2, -0.15) is 0 Å². The average Bonchev–Trinajstić information content (AvgIpc) is 2.72. The summed E-state index contributed by atoms with van der Waals surface area (Å²) in [4.78, 5) is 11.0. The Bertz CT molecular complexity index is 222. The number of alkyl carbamates (subject to hydrolysis) is 1. The summed E-state index contributed by atoms with van der Waals surface area (Å²) in [6, 6.07) is 0. The van der Waals surface area contributed by atoms with Crippen molar-refractivity contribution in [3.63, 3.8) is 0 Å². The van der Waals surface area contributed by atoms with Crippen LogP contribution in [-0.2, 0) is 9.47 Å². The molecule has 0 spiro atoms. The van der Waals surface area contributed by atoms with Crippen molar-refractivity contribution >= 4 is 6.09 Å². The summed E-state index contributed by atoms with van der Waals surface area (Å²) in [6.45, 7) is 4.08. The molecule has 2 aliphatic heterocycles. The van der Waals surface area contributed by atoms with Crippen LogP contribution in [-0.4, -0.2) is 46.1 Å². The number of fused-ring (bicyclic) bond motifs is 1. The third-order valence-corrected chi connectivity index (χ3v) is 3.21. The molecule has 2 atom stereocenters. The molecular formula is C9H16N2O3. The maximum absolute atomic E-state index is 11.0. The lowest BCUT2D eigenvalue weighted by Crippen LogP contribution is -2.42. The van der Waals surface area contributed by atoms with Crippen molar-refractivity contribution < 1.29 is 14.3 Å². The predicted molar refractivity (Wildman–Crippen MR) is 50.0 cm³/mol. The Balaban J connectivity index is 1.91. The molecule has 0 radical (unpaired) electrons. The fraction of sp³-hybridized carbons (Fsp3) is 0.889. The Morgan fingerprint density at radius 3 is 3.43 bits per heavy atom. The first kappa shape index (κ1) is 9.73. The average molecular weight is 200 g/mol. The number of rotatable bonds is 2. The maximum atomic E-state index is 11.0. The number of nitrogens with one attached hydrogen (secondary N) is 2. The van der Waals surface area contributed by atoms with Crippen LogP contribution in [0.5, 0.6) is 0 Å². The standard InChI is InChI=1S/C9H16N2O3/c1-13-8(12)11-5-9-4-10-2-7(9)3-14-6-9/h7,10H,2-6H2,1H3,(H,11,12). The molecule has 14 heavy (non-hydrogen) atoms. The van der Waals surface area contributed by atoms with Gasteiger partial charge in [0.15, 0.2) is 0 Å². The van der Waals surface area contributed by atoms with E-state index in [2.05, 4.69) is 15.4 Å². The molecule has 5 heteroatoms. The molecule has 2 unspecified atom stereocenters. The van der Waals surface area contributed by atoms with Crippen molar-refractivity contribution in [3.05, 3.63) is 0 Å². The molecule has 0 bridgehead atoms. The molecule has 2 rings (SSSR count). The van der Waals surface area contributed by atoms with Gasteiger partial charge in [0.05, 0.1) is 20.3 Å². The van der Waals surface area contributed by atoms with Gasteiger partial charge in [0.25, 0.3) is 0 Å². The summed E-state index contributed by atoms with van der Waals surface area (Å²) in [5.74, 6) is 0.527. The lowest BCUT2D eigenvalue weighted by molar-refractivity contribution is 0.141. The lowest BCUT2D eigenvalue weighted by atomic mass is 9.81. The molecular weight excluding hydrogens is 184 g/mol. The monoisotopic (exact) mass is 200 g/mol. The molecule has 2 saturated heterocycles. The fourth-order valence-electron chi connectivity index (χ4n) is 2.24. The van der Waals surface area contributed by atoms with Crippen molar-refractivity contribution in [1.82, 2.24) is 10.6 Å². The Labute approximate surface area is 83.1 Å². The van der Waals surface area contributed by atoms with Gasteiger partial charge >= 0.3 is 6.09 Å². The third kappa shape index (κ3) is 1.57. The predicted octanol–water partition coefficient (Wildman–Crippen LogP) is -0.422. The van der Waals surface area contributed by atoms with E-state index in [1.54, 1.807) is 0 Å². The molecule has 1 amide bonds. The minimum Gasteiger partial charge on any atom is -0.453 e. The minimum atomic E-state index is -0.364. The summed E-state index contributed by atoms with van der Waals surface area (Å²) in [5.41, 5.74) is 0.0915. The molecule has 0 saturated carbocycles. The van der Waals surface area contributed by atoms with Crippen LogP contribution in [0.15, 0.2) is 0 Å². The number of hydrogen-bond donors (Lipinski definition) is 2.